The number of carbonyl (C=O) groups excluding carboxylic acids is 5. The maximum Gasteiger partial charge on any atom is 0.293 e. The number of piperidine rings is 1. The number of nitrogens with zero attached hydrogens (tertiary/aromatic N) is 16. The predicted molar refractivity (Wildman–Crippen MR) is 581 cm³/mol. The van der Waals surface area contributed by atoms with E-state index in [-0.39, 0.29) is 70.3 Å². The van der Waals surface area contributed by atoms with Gasteiger partial charge in [0.05, 0.1) is 6.42 Å². The van der Waals surface area contributed by atoms with Crippen molar-refractivity contribution in [2.45, 2.75) is 116 Å². The van der Waals surface area contributed by atoms with Crippen LogP contribution in [0.5, 0.6) is 0 Å². The van der Waals surface area contributed by atoms with E-state index < -0.39 is 0 Å². The molecule has 147 heavy (non-hydrogen) atoms. The number of hydrogen-bond donors (Lipinski definition) is 6. The zero-order valence-electron chi connectivity index (χ0n) is 82.5. The fourth-order valence-electron chi connectivity index (χ4n) is 19.8. The highest BCUT2D eigenvalue weighted by Gasteiger charge is 2.39. The molecule has 3 aliphatic heterocycles. The van der Waals surface area contributed by atoms with E-state index in [1.807, 2.05) is 252 Å². The van der Waals surface area contributed by atoms with Gasteiger partial charge in [-0.3, -0.25) is 24.0 Å². The zero-order chi connectivity index (χ0) is 100. The van der Waals surface area contributed by atoms with Gasteiger partial charge < -0.3 is 51.5 Å². The van der Waals surface area contributed by atoms with E-state index in [2.05, 4.69) is 216 Å². The summed E-state index contributed by atoms with van der Waals surface area (Å²) < 4.78 is 7.03. The molecule has 11 aromatic carbocycles. The van der Waals surface area contributed by atoms with E-state index in [1.54, 1.807) is 18.1 Å². The van der Waals surface area contributed by atoms with Crippen molar-refractivity contribution in [1.82, 2.24) is 78.8 Å². The molecule has 19 aromatic rings. The standard InChI is InChI=1S/C33H30N6O2.C31H30N6O.C29H27N5O.C27H29N5O/c40-29-21-25-13-7-8-14-28(25)39(29)26-15-18-37(19-16-26)33(41)32-35-31(34-22-23-9-3-1-4-10-23)30-27(17-20-38(30)36-32)24-11-5-2-6-12-24;1-23-12-14-26(15-13-23)35-18-20-36(21-19-35)31(38)30-33-29(32-22-24-8-4-2-5-9-24)28-27(16-17-37(28)34-30)25-10-6-3-7-11-25;1-21(23-13-7-3-8-14-23)19-31-29(35)28-32-27(30-20-22-11-5-2-6-12-22)26-25(17-18-34(26)33-28)24-15-9-4-10-16-24;1-2-27(16-9-10-17-27)30-26(33)25-29-24(28-19-20-11-5-3-6-12-20)23-22(15-18-32(23)31-25)21-13-7-4-8-14-21/h1-14,17,20,26H,15-16,18-19,21-22H2,(H,34,35,36);2-17H,18-22H2,1H3,(H,32,33,34);2-18,21H,19-20H2,1H3,(H,31,35)(H,30,32,33);3-8,11-15,18H,2,9-10,16-17,19H2,1H3,(H,30,33)(H,28,29,31)/t;;21-;/m..0./s1. The number of benzene rings is 11. The Kier molecular flexibility index (Phi) is 29.8. The second kappa shape index (κ2) is 45.2. The minimum Gasteiger partial charge on any atom is -0.368 e. The lowest BCUT2D eigenvalue weighted by Crippen LogP contribution is -2.49. The number of aryl methyl sites for hydroxylation is 1. The van der Waals surface area contributed by atoms with Crippen LogP contribution in [-0.4, -0.2) is 155 Å². The molecule has 0 unspecified atom stereocenters. The molecule has 1 atom stereocenters. The van der Waals surface area contributed by atoms with Crippen LogP contribution in [0.3, 0.4) is 0 Å². The molecule has 736 valence electrons. The first-order valence-corrected chi connectivity index (χ1v) is 50.5. The van der Waals surface area contributed by atoms with Crippen molar-refractivity contribution in [3.63, 3.8) is 0 Å². The van der Waals surface area contributed by atoms with Gasteiger partial charge in [0.1, 0.15) is 22.1 Å². The monoisotopic (exact) mass is 1940 g/mol. The van der Waals surface area contributed by atoms with Gasteiger partial charge in [0.2, 0.25) is 29.2 Å². The third kappa shape index (κ3) is 22.5. The van der Waals surface area contributed by atoms with E-state index in [9.17, 15) is 24.0 Å². The van der Waals surface area contributed by atoms with Crippen molar-refractivity contribution in [3.8, 4) is 44.5 Å². The number of carbonyl (C=O) groups is 5. The lowest BCUT2D eigenvalue weighted by molar-refractivity contribution is -0.118. The molecule has 27 heteroatoms. The molecule has 3 fully saturated rings. The first kappa shape index (κ1) is 96.7. The molecular formula is C120H116N22O5. The maximum absolute atomic E-state index is 13.7. The van der Waals surface area contributed by atoms with Crippen LogP contribution in [0.15, 0.2) is 371 Å². The summed E-state index contributed by atoms with van der Waals surface area (Å²) in [6.45, 7) is 13.1. The molecular weight excluding hydrogens is 1830 g/mol. The maximum atomic E-state index is 13.7. The summed E-state index contributed by atoms with van der Waals surface area (Å²) in [4.78, 5) is 93.3. The van der Waals surface area contributed by atoms with Crippen molar-refractivity contribution in [3.05, 3.63) is 433 Å². The third-order valence-electron chi connectivity index (χ3n) is 27.9. The SMILES string of the molecule is CCC1(NC(=O)c2nc(NCc3ccccc3)c3c(-c4ccccc4)ccn3n2)CCCC1.C[C@@H](CNC(=O)c1nc(NCc2ccccc2)c2c(-c3ccccc3)ccn2n1)c1ccccc1.Cc1ccc(N2CCN(C(=O)c3nc(NCc4ccccc4)c4c(-c5ccccc5)ccn4n3)CC2)cc1.O=C(c1nc(NCc2ccccc2)c2c(-c3ccccc3)ccn2n1)N1CCC(N2C(=O)Cc3ccccc32)CC1. The van der Waals surface area contributed by atoms with Gasteiger partial charge >= 0.3 is 0 Å². The van der Waals surface area contributed by atoms with Gasteiger partial charge in [0.25, 0.3) is 23.6 Å². The van der Waals surface area contributed by atoms with Crippen LogP contribution in [0.25, 0.3) is 66.6 Å². The van der Waals surface area contributed by atoms with E-state index in [0.717, 1.165) is 158 Å². The largest absolute Gasteiger partial charge is 0.368 e. The highest BCUT2D eigenvalue weighted by Crippen LogP contribution is 2.39. The fourth-order valence-corrected chi connectivity index (χ4v) is 19.8. The minimum absolute atomic E-state index is 0.0829. The van der Waals surface area contributed by atoms with Gasteiger partial charge in [-0.2, -0.15) is 0 Å². The predicted octanol–water partition coefficient (Wildman–Crippen LogP) is 21.5. The fraction of sp³-hybridized carbons (Fsp3) is 0.208. The molecule has 1 aliphatic carbocycles. The number of nitrogens with one attached hydrogen (secondary N) is 6. The van der Waals surface area contributed by atoms with Crippen LogP contribution >= 0.6 is 0 Å². The number of rotatable bonds is 27. The van der Waals surface area contributed by atoms with Gasteiger partial charge in [-0.1, -0.05) is 336 Å². The number of likely N-dealkylation sites (tertiary alicyclic amines) is 1. The van der Waals surface area contributed by atoms with E-state index in [4.69, 9.17) is 15.0 Å². The first-order chi connectivity index (χ1) is 72.2. The smallest absolute Gasteiger partial charge is 0.293 e. The third-order valence-corrected chi connectivity index (χ3v) is 27.9. The number of aromatic nitrogens is 12. The molecule has 5 amide bonds. The Morgan fingerprint density at radius 2 is 0.707 bits per heavy atom. The van der Waals surface area contributed by atoms with E-state index in [0.29, 0.717) is 88.6 Å². The van der Waals surface area contributed by atoms with Crippen molar-refractivity contribution >= 4 is 86.2 Å². The van der Waals surface area contributed by atoms with Crippen LogP contribution < -0.4 is 41.7 Å². The highest BCUT2D eigenvalue weighted by atomic mass is 16.2. The summed E-state index contributed by atoms with van der Waals surface area (Å²) in [6.07, 6.45) is 14.7. The number of anilines is 6. The lowest BCUT2D eigenvalue weighted by Gasteiger charge is -2.36. The molecule has 0 spiro atoms. The molecule has 0 bridgehead atoms. The summed E-state index contributed by atoms with van der Waals surface area (Å²) in [5.74, 6) is 2.67. The van der Waals surface area contributed by atoms with Crippen molar-refractivity contribution < 1.29 is 24.0 Å². The number of amides is 5. The van der Waals surface area contributed by atoms with Gasteiger partial charge in [0, 0.05) is 142 Å². The van der Waals surface area contributed by atoms with Gasteiger partial charge in [0.15, 0.2) is 23.3 Å². The Labute approximate surface area is 853 Å². The normalized spacial score (nSPS) is 14.0. The average Bonchev–Trinajstić information content (AvgIpc) is 1.64. The number of para-hydroxylation sites is 1. The van der Waals surface area contributed by atoms with Crippen molar-refractivity contribution in [2.75, 3.05) is 76.9 Å². The molecule has 27 nitrogen and oxygen atoms in total. The molecule has 4 aliphatic rings. The zero-order valence-corrected chi connectivity index (χ0v) is 82.5. The summed E-state index contributed by atoms with van der Waals surface area (Å²) in [5.41, 5.74) is 21.8. The Morgan fingerprint density at radius 3 is 1.09 bits per heavy atom. The molecule has 1 saturated carbocycles. The lowest BCUT2D eigenvalue weighted by atomic mass is 9.94. The quantitative estimate of drug-likeness (QED) is 0.0279. The number of piperazine rings is 1. The van der Waals surface area contributed by atoms with E-state index in [1.165, 1.54) is 16.8 Å². The van der Waals surface area contributed by atoms with Crippen LogP contribution in [-0.2, 0) is 37.4 Å². The molecule has 11 heterocycles. The first-order valence-electron chi connectivity index (χ1n) is 50.5. The van der Waals surface area contributed by atoms with Crippen LogP contribution in [0.1, 0.15) is 146 Å². The Bertz CT molecular complexity index is 7750. The molecule has 23 rings (SSSR count). The highest BCUT2D eigenvalue weighted by molar-refractivity contribution is 6.03. The van der Waals surface area contributed by atoms with Crippen LogP contribution in [0, 0.1) is 6.92 Å². The molecule has 2 saturated heterocycles. The number of hydrogen-bond acceptors (Lipinski definition) is 18. The van der Waals surface area contributed by atoms with Crippen LogP contribution in [0.2, 0.25) is 0 Å². The summed E-state index contributed by atoms with van der Waals surface area (Å²) >= 11 is 0. The summed E-state index contributed by atoms with van der Waals surface area (Å²) in [6, 6.07) is 116. The van der Waals surface area contributed by atoms with E-state index >= 15 is 0 Å². The Morgan fingerprint density at radius 1 is 0.374 bits per heavy atom. The minimum atomic E-state index is -0.299. The average molecular weight is 1950 g/mol. The second-order valence-corrected chi connectivity index (χ2v) is 37.6. The van der Waals surface area contributed by atoms with Gasteiger partial charge in [-0.15, -0.1) is 20.4 Å². The summed E-state index contributed by atoms with van der Waals surface area (Å²) in [5, 5.41) is 38.6. The van der Waals surface area contributed by atoms with Crippen LogP contribution in [0.4, 0.5) is 34.6 Å². The van der Waals surface area contributed by atoms with Crippen molar-refractivity contribution in [1.29, 1.82) is 0 Å². The van der Waals surface area contributed by atoms with Gasteiger partial charge in [-0.25, -0.2) is 38.0 Å². The molecule has 6 N–H and O–H groups in total. The molecule has 8 aromatic heterocycles. The Balaban J connectivity index is 0.000000119. The van der Waals surface area contributed by atoms with Gasteiger partial charge in [-0.05, 0) is 143 Å². The second-order valence-electron chi connectivity index (χ2n) is 37.6. The summed E-state index contributed by atoms with van der Waals surface area (Å²) in [7, 11) is 0. The topological polar surface area (TPSA) is 291 Å². The number of fused-ring (bicyclic) bond motifs is 5. The molecule has 0 radical (unpaired) electrons. The Hall–Kier alpha value is -17.8. The van der Waals surface area contributed by atoms with Crippen molar-refractivity contribution in [2.24, 2.45) is 0 Å².